The first kappa shape index (κ1) is 31.1. The molecule has 228 valence electrons. The molecule has 12 nitrogen and oxygen atoms in total. The number of methoxy groups -OCH3 is 4. The highest BCUT2D eigenvalue weighted by Crippen LogP contribution is 2.40. The van der Waals surface area contributed by atoms with Crippen molar-refractivity contribution in [2.75, 3.05) is 41.5 Å². The Morgan fingerprint density at radius 2 is 1.77 bits per heavy atom. The van der Waals surface area contributed by atoms with Gasteiger partial charge in [0.1, 0.15) is 11.6 Å². The van der Waals surface area contributed by atoms with Crippen LogP contribution in [0.2, 0.25) is 0 Å². The van der Waals surface area contributed by atoms with Crippen LogP contribution in [0.4, 0.5) is 0 Å². The van der Waals surface area contributed by atoms with Crippen LogP contribution in [0, 0.1) is 5.92 Å². The van der Waals surface area contributed by atoms with E-state index in [-0.39, 0.29) is 54.4 Å². The summed E-state index contributed by atoms with van der Waals surface area (Å²) in [6.45, 7) is 4.38. The summed E-state index contributed by atoms with van der Waals surface area (Å²) in [6.07, 6.45) is 3.49. The number of hydrogen-bond donors (Lipinski definition) is 2. The number of carbonyl (C=O) groups is 3. The molecule has 1 aromatic carbocycles. The molecule has 4 rings (SSSR count). The highest BCUT2D eigenvalue weighted by atomic mass is 16.5. The Kier molecular flexibility index (Phi) is 10.0. The second-order valence-corrected chi connectivity index (χ2v) is 10.4. The molecule has 12 heteroatoms. The van der Waals surface area contributed by atoms with E-state index in [0.717, 1.165) is 5.56 Å². The molecule has 1 atom stereocenters. The quantitative estimate of drug-likeness (QED) is 0.424. The minimum Gasteiger partial charge on any atom is -0.493 e. The van der Waals surface area contributed by atoms with Gasteiger partial charge in [0.25, 0.3) is 11.8 Å². The molecule has 4 bridgehead atoms. The molecule has 3 amide bonds. The fourth-order valence-corrected chi connectivity index (χ4v) is 4.92. The third-order valence-electron chi connectivity index (χ3n) is 6.99. The standard InChI is InChI=1S/C31H37N5O7/c1-18(2)11-24-29(38)33-9-10-36(31(39)22-7-8-26(41-4)35-30(22)43-6)17-19-12-23(27(42-5)25(13-19)40-3)20-14-21(16-32-15-20)28(37)34-24/h7-8,12-16,18,24H,9-11,17H2,1-6H3,(H,33,38)(H,34,37)/t24-/m1/s1. The third kappa shape index (κ3) is 7.14. The molecule has 1 aliphatic heterocycles. The summed E-state index contributed by atoms with van der Waals surface area (Å²) in [7, 11) is 5.96. The number of hydrogen-bond acceptors (Lipinski definition) is 9. The molecule has 0 spiro atoms. The lowest BCUT2D eigenvalue weighted by Crippen LogP contribution is -2.49. The summed E-state index contributed by atoms with van der Waals surface area (Å²) < 4.78 is 22.0. The Balaban J connectivity index is 1.84. The van der Waals surface area contributed by atoms with Crippen molar-refractivity contribution in [3.63, 3.8) is 0 Å². The van der Waals surface area contributed by atoms with Crippen LogP contribution in [-0.2, 0) is 11.3 Å². The minimum absolute atomic E-state index is 0.111. The van der Waals surface area contributed by atoms with Crippen LogP contribution >= 0.6 is 0 Å². The summed E-state index contributed by atoms with van der Waals surface area (Å²) in [6, 6.07) is 7.72. The Labute approximate surface area is 250 Å². The molecule has 1 aliphatic rings. The van der Waals surface area contributed by atoms with Crippen LogP contribution in [0.25, 0.3) is 11.1 Å². The molecule has 0 fully saturated rings. The van der Waals surface area contributed by atoms with Crippen LogP contribution in [0.5, 0.6) is 23.3 Å². The Bertz CT molecular complexity index is 1490. The number of carbonyl (C=O) groups excluding carboxylic acids is 3. The zero-order chi connectivity index (χ0) is 31.1. The van der Waals surface area contributed by atoms with E-state index >= 15 is 0 Å². The monoisotopic (exact) mass is 591 g/mol. The highest BCUT2D eigenvalue weighted by molar-refractivity contribution is 5.99. The first-order valence-corrected chi connectivity index (χ1v) is 13.9. The Morgan fingerprint density at radius 1 is 1.00 bits per heavy atom. The van der Waals surface area contributed by atoms with Gasteiger partial charge in [0, 0.05) is 49.2 Å². The van der Waals surface area contributed by atoms with Gasteiger partial charge in [-0.3, -0.25) is 19.4 Å². The van der Waals surface area contributed by atoms with Gasteiger partial charge >= 0.3 is 0 Å². The molecule has 3 heterocycles. The average molecular weight is 592 g/mol. The summed E-state index contributed by atoms with van der Waals surface area (Å²) >= 11 is 0. The van der Waals surface area contributed by atoms with Crippen molar-refractivity contribution >= 4 is 17.7 Å². The third-order valence-corrected chi connectivity index (χ3v) is 6.99. The molecule has 2 N–H and O–H groups in total. The molecule has 0 saturated carbocycles. The van der Waals surface area contributed by atoms with E-state index in [4.69, 9.17) is 18.9 Å². The number of pyridine rings is 2. The smallest absolute Gasteiger partial charge is 0.259 e. The van der Waals surface area contributed by atoms with Crippen molar-refractivity contribution in [2.45, 2.75) is 32.9 Å². The number of nitrogens with zero attached hydrogens (tertiary/aromatic N) is 3. The molecule has 0 radical (unpaired) electrons. The predicted octanol–water partition coefficient (Wildman–Crippen LogP) is 3.09. The van der Waals surface area contributed by atoms with Crippen molar-refractivity contribution in [1.82, 2.24) is 25.5 Å². The van der Waals surface area contributed by atoms with Gasteiger partial charge in [-0.05, 0) is 42.2 Å². The summed E-state index contributed by atoms with van der Waals surface area (Å²) in [4.78, 5) is 50.7. The van der Waals surface area contributed by atoms with Gasteiger partial charge in [-0.25, -0.2) is 0 Å². The van der Waals surface area contributed by atoms with E-state index in [1.807, 2.05) is 19.9 Å². The van der Waals surface area contributed by atoms with Gasteiger partial charge in [-0.1, -0.05) is 13.8 Å². The van der Waals surface area contributed by atoms with Crippen LogP contribution in [0.3, 0.4) is 0 Å². The van der Waals surface area contributed by atoms with Gasteiger partial charge in [0.05, 0.1) is 34.0 Å². The molecule has 3 aromatic rings. The number of fused-ring (bicyclic) bond motifs is 5. The maximum Gasteiger partial charge on any atom is 0.259 e. The maximum absolute atomic E-state index is 14.0. The Morgan fingerprint density at radius 3 is 2.44 bits per heavy atom. The van der Waals surface area contributed by atoms with Crippen molar-refractivity contribution in [3.8, 4) is 34.4 Å². The van der Waals surface area contributed by atoms with E-state index in [2.05, 4.69) is 20.6 Å². The highest BCUT2D eigenvalue weighted by Gasteiger charge is 2.27. The summed E-state index contributed by atoms with van der Waals surface area (Å²) in [5.41, 5.74) is 2.46. The number of nitrogens with one attached hydrogen (secondary N) is 2. The van der Waals surface area contributed by atoms with Crippen molar-refractivity contribution < 1.29 is 33.3 Å². The normalized spacial score (nSPS) is 15.5. The maximum atomic E-state index is 14.0. The molecular weight excluding hydrogens is 554 g/mol. The van der Waals surface area contributed by atoms with Gasteiger partial charge in [0.15, 0.2) is 11.5 Å². The van der Waals surface area contributed by atoms with Gasteiger partial charge in [0.2, 0.25) is 17.7 Å². The van der Waals surface area contributed by atoms with E-state index in [1.165, 1.54) is 34.6 Å². The minimum atomic E-state index is -0.785. The van der Waals surface area contributed by atoms with E-state index < -0.39 is 11.9 Å². The van der Waals surface area contributed by atoms with Crippen LogP contribution < -0.4 is 29.6 Å². The van der Waals surface area contributed by atoms with E-state index in [9.17, 15) is 14.4 Å². The Hall–Kier alpha value is -4.87. The van der Waals surface area contributed by atoms with Crippen LogP contribution in [-0.4, -0.2) is 80.2 Å². The number of aromatic nitrogens is 2. The molecule has 2 aromatic heterocycles. The first-order valence-electron chi connectivity index (χ1n) is 13.9. The van der Waals surface area contributed by atoms with E-state index in [0.29, 0.717) is 34.9 Å². The van der Waals surface area contributed by atoms with Crippen molar-refractivity contribution in [2.24, 2.45) is 5.92 Å². The lowest BCUT2D eigenvalue weighted by molar-refractivity contribution is -0.123. The van der Waals surface area contributed by atoms with Crippen LogP contribution in [0.15, 0.2) is 42.7 Å². The molecule has 0 unspecified atom stereocenters. The van der Waals surface area contributed by atoms with Crippen molar-refractivity contribution in [3.05, 3.63) is 59.4 Å². The number of benzene rings is 1. The topological polar surface area (TPSA) is 141 Å². The van der Waals surface area contributed by atoms with Crippen molar-refractivity contribution in [1.29, 1.82) is 0 Å². The van der Waals surface area contributed by atoms with Crippen LogP contribution in [0.1, 0.15) is 46.5 Å². The molecule has 0 saturated heterocycles. The summed E-state index contributed by atoms with van der Waals surface area (Å²) in [5, 5.41) is 5.75. The van der Waals surface area contributed by atoms with E-state index in [1.54, 1.807) is 35.4 Å². The van der Waals surface area contributed by atoms with Gasteiger partial charge in [-0.2, -0.15) is 4.98 Å². The summed E-state index contributed by atoms with van der Waals surface area (Å²) in [5.74, 6) is 0.297. The lowest BCUT2D eigenvalue weighted by Gasteiger charge is -2.25. The number of ether oxygens (including phenoxy) is 4. The number of rotatable bonds is 7. The number of amides is 3. The fourth-order valence-electron chi connectivity index (χ4n) is 4.92. The van der Waals surface area contributed by atoms with Gasteiger partial charge in [-0.15, -0.1) is 0 Å². The first-order chi connectivity index (χ1) is 20.7. The predicted molar refractivity (Wildman–Crippen MR) is 159 cm³/mol. The fraction of sp³-hybridized carbons (Fsp3) is 0.387. The molecular formula is C31H37N5O7. The molecule has 43 heavy (non-hydrogen) atoms. The largest absolute Gasteiger partial charge is 0.493 e. The second-order valence-electron chi connectivity index (χ2n) is 10.4. The van der Waals surface area contributed by atoms with Gasteiger partial charge < -0.3 is 34.5 Å². The zero-order valence-corrected chi connectivity index (χ0v) is 25.2. The lowest BCUT2D eigenvalue weighted by atomic mass is 10.00. The second kappa shape index (κ2) is 13.9. The molecule has 0 aliphatic carbocycles. The SMILES string of the molecule is COc1ccc(C(=O)N2CCNC(=O)[C@@H](CC(C)C)NC(=O)c3cncc(c3)-c3cc(cc(OC)c3OC)C2)c(OC)n1. The zero-order valence-electron chi connectivity index (χ0n) is 25.2. The average Bonchev–Trinajstić information content (AvgIpc) is 3.02.